The molecule has 0 atom stereocenters. The molecule has 5 nitrogen and oxygen atoms in total. The first kappa shape index (κ1) is 18.4. The van der Waals surface area contributed by atoms with Gasteiger partial charge in [-0.2, -0.15) is 0 Å². The fourth-order valence-corrected chi connectivity index (χ4v) is 3.70. The Kier molecular flexibility index (Phi) is 4.75. The van der Waals surface area contributed by atoms with Crippen LogP contribution < -0.4 is 10.2 Å². The largest absolute Gasteiger partial charge is 0.347 e. The van der Waals surface area contributed by atoms with E-state index in [-0.39, 0.29) is 10.7 Å². The fraction of sp³-hybridized carbons (Fsp3) is 0.0952. The van der Waals surface area contributed by atoms with Gasteiger partial charge in [0.1, 0.15) is 5.57 Å². The van der Waals surface area contributed by atoms with Crippen LogP contribution in [0.3, 0.4) is 0 Å². The predicted octanol–water partition coefficient (Wildman–Crippen LogP) is 4.15. The summed E-state index contributed by atoms with van der Waals surface area (Å²) in [7, 11) is 0. The van der Waals surface area contributed by atoms with Crippen molar-refractivity contribution in [3.8, 4) is 0 Å². The molecule has 140 valence electrons. The van der Waals surface area contributed by atoms with Crippen molar-refractivity contribution in [2.75, 3.05) is 4.90 Å². The number of hydrogen-bond acceptors (Lipinski definition) is 3. The van der Waals surface area contributed by atoms with E-state index in [1.807, 2.05) is 37.4 Å². The maximum atomic E-state index is 13.1. The van der Waals surface area contributed by atoms with E-state index < -0.39 is 11.8 Å². The van der Waals surface area contributed by atoms with E-state index in [2.05, 4.69) is 9.88 Å². The van der Waals surface area contributed by atoms with Crippen LogP contribution in [0.25, 0.3) is 17.0 Å². The van der Waals surface area contributed by atoms with Crippen molar-refractivity contribution in [3.05, 3.63) is 70.9 Å². The molecular weight excluding hydrogens is 394 g/mol. The third-order valence-corrected chi connectivity index (χ3v) is 5.18. The van der Waals surface area contributed by atoms with Gasteiger partial charge in [-0.15, -0.1) is 0 Å². The van der Waals surface area contributed by atoms with Crippen LogP contribution in [0.4, 0.5) is 5.69 Å². The quantitative estimate of drug-likeness (QED) is 0.401. The Morgan fingerprint density at radius 3 is 2.54 bits per heavy atom. The Balaban J connectivity index is 1.80. The van der Waals surface area contributed by atoms with Gasteiger partial charge in [0.2, 0.25) is 0 Å². The van der Waals surface area contributed by atoms with Gasteiger partial charge in [0.15, 0.2) is 5.11 Å². The molecule has 0 radical (unpaired) electrons. The van der Waals surface area contributed by atoms with E-state index in [0.29, 0.717) is 10.7 Å². The number of benzene rings is 2. The molecular formula is C21H16ClN3O2S. The van der Waals surface area contributed by atoms with Crippen LogP contribution in [0.2, 0.25) is 5.02 Å². The Labute approximate surface area is 172 Å². The van der Waals surface area contributed by atoms with E-state index in [4.69, 9.17) is 23.8 Å². The minimum absolute atomic E-state index is 0.0301. The maximum Gasteiger partial charge on any atom is 0.270 e. The number of carbonyl (C=O) groups excluding carboxylic acids is 2. The molecule has 1 aliphatic rings. The van der Waals surface area contributed by atoms with E-state index in [0.717, 1.165) is 23.0 Å². The summed E-state index contributed by atoms with van der Waals surface area (Å²) in [5.41, 5.74) is 2.43. The number of nitrogens with one attached hydrogen (secondary N) is 1. The molecule has 1 aliphatic heterocycles. The minimum Gasteiger partial charge on any atom is -0.347 e. The standard InChI is InChI=1S/C21H16ClN3O2S/c1-2-24-12-13(16-5-3-4-6-18(16)24)11-17-19(26)23-21(28)25(20(17)27)15-9-7-14(22)8-10-15/h3-12H,2H2,1H3,(H,23,26,28)/b17-11-. The Bertz CT molecular complexity index is 1150. The molecule has 0 bridgehead atoms. The Morgan fingerprint density at radius 2 is 1.82 bits per heavy atom. The lowest BCUT2D eigenvalue weighted by Gasteiger charge is -2.28. The monoisotopic (exact) mass is 409 g/mol. The molecule has 7 heteroatoms. The molecule has 0 unspecified atom stereocenters. The van der Waals surface area contributed by atoms with Gasteiger partial charge < -0.3 is 4.57 Å². The molecule has 3 aromatic rings. The van der Waals surface area contributed by atoms with Gasteiger partial charge in [-0.3, -0.25) is 19.8 Å². The van der Waals surface area contributed by atoms with Crippen LogP contribution in [-0.4, -0.2) is 21.5 Å². The SMILES string of the molecule is CCn1cc(/C=C2/C(=O)NC(=S)N(c3ccc(Cl)cc3)C2=O)c2ccccc21. The third-order valence-electron chi connectivity index (χ3n) is 4.65. The zero-order valence-electron chi connectivity index (χ0n) is 15.0. The fourth-order valence-electron chi connectivity index (χ4n) is 3.29. The van der Waals surface area contributed by atoms with E-state index in [1.54, 1.807) is 30.3 Å². The predicted molar refractivity (Wildman–Crippen MR) is 115 cm³/mol. The number of anilines is 1. The Morgan fingerprint density at radius 1 is 1.11 bits per heavy atom. The van der Waals surface area contributed by atoms with Gasteiger partial charge in [-0.05, 0) is 55.5 Å². The van der Waals surface area contributed by atoms with E-state index >= 15 is 0 Å². The van der Waals surface area contributed by atoms with Crippen molar-refractivity contribution in [3.63, 3.8) is 0 Å². The zero-order valence-corrected chi connectivity index (χ0v) is 16.6. The highest BCUT2D eigenvalue weighted by Gasteiger charge is 2.34. The second kappa shape index (κ2) is 7.22. The van der Waals surface area contributed by atoms with Crippen molar-refractivity contribution in [2.45, 2.75) is 13.5 Å². The van der Waals surface area contributed by atoms with Crippen molar-refractivity contribution in [1.82, 2.24) is 9.88 Å². The summed E-state index contributed by atoms with van der Waals surface area (Å²) < 4.78 is 2.08. The average Bonchev–Trinajstić information content (AvgIpc) is 3.04. The first-order chi connectivity index (χ1) is 13.5. The molecule has 0 saturated carbocycles. The molecule has 2 heterocycles. The number of thiocarbonyl (C=S) groups is 1. The molecule has 0 aliphatic carbocycles. The molecule has 28 heavy (non-hydrogen) atoms. The van der Waals surface area contributed by atoms with Crippen molar-refractivity contribution >= 4 is 63.4 Å². The lowest BCUT2D eigenvalue weighted by molar-refractivity contribution is -0.122. The highest BCUT2D eigenvalue weighted by molar-refractivity contribution is 7.80. The van der Waals surface area contributed by atoms with Crippen molar-refractivity contribution in [2.24, 2.45) is 0 Å². The van der Waals surface area contributed by atoms with Crippen LogP contribution >= 0.6 is 23.8 Å². The van der Waals surface area contributed by atoms with Gasteiger partial charge in [0.25, 0.3) is 11.8 Å². The normalized spacial score (nSPS) is 16.1. The number of para-hydroxylation sites is 1. The van der Waals surface area contributed by atoms with Crippen molar-refractivity contribution in [1.29, 1.82) is 0 Å². The molecule has 4 rings (SSSR count). The maximum absolute atomic E-state index is 13.1. The molecule has 1 saturated heterocycles. The lowest BCUT2D eigenvalue weighted by atomic mass is 10.1. The van der Waals surface area contributed by atoms with Crippen LogP contribution in [0, 0.1) is 0 Å². The molecule has 1 aromatic heterocycles. The number of carbonyl (C=O) groups is 2. The third kappa shape index (κ3) is 3.10. The molecule has 1 fully saturated rings. The van der Waals surface area contributed by atoms with Crippen molar-refractivity contribution < 1.29 is 9.59 Å². The summed E-state index contributed by atoms with van der Waals surface area (Å²) in [6.07, 6.45) is 3.56. The van der Waals surface area contributed by atoms with Crippen LogP contribution in [0.5, 0.6) is 0 Å². The second-order valence-electron chi connectivity index (χ2n) is 6.32. The summed E-state index contributed by atoms with van der Waals surface area (Å²) >= 11 is 11.2. The first-order valence-corrected chi connectivity index (χ1v) is 9.53. The summed E-state index contributed by atoms with van der Waals surface area (Å²) in [6, 6.07) is 14.6. The smallest absolute Gasteiger partial charge is 0.270 e. The number of fused-ring (bicyclic) bond motifs is 1. The summed E-state index contributed by atoms with van der Waals surface area (Å²) in [4.78, 5) is 26.9. The first-order valence-electron chi connectivity index (χ1n) is 8.74. The number of rotatable bonds is 3. The summed E-state index contributed by atoms with van der Waals surface area (Å²) in [6.45, 7) is 2.83. The van der Waals surface area contributed by atoms with Gasteiger partial charge >= 0.3 is 0 Å². The zero-order chi connectivity index (χ0) is 19.8. The lowest BCUT2D eigenvalue weighted by Crippen LogP contribution is -2.54. The van der Waals surface area contributed by atoms with Gasteiger partial charge in [-0.1, -0.05) is 29.8 Å². The summed E-state index contributed by atoms with van der Waals surface area (Å²) in [5.74, 6) is -0.974. The highest BCUT2D eigenvalue weighted by atomic mass is 35.5. The minimum atomic E-state index is -0.506. The van der Waals surface area contributed by atoms with Gasteiger partial charge in [0, 0.05) is 34.2 Å². The van der Waals surface area contributed by atoms with Gasteiger partial charge in [0.05, 0.1) is 5.69 Å². The number of aromatic nitrogens is 1. The van der Waals surface area contributed by atoms with E-state index in [1.165, 1.54) is 4.90 Å². The van der Waals surface area contributed by atoms with Gasteiger partial charge in [-0.25, -0.2) is 0 Å². The van der Waals surface area contributed by atoms with Crippen LogP contribution in [0.1, 0.15) is 12.5 Å². The Hall–Kier alpha value is -2.96. The molecule has 0 spiro atoms. The molecule has 1 N–H and O–H groups in total. The van der Waals surface area contributed by atoms with Crippen LogP contribution in [0.15, 0.2) is 60.3 Å². The number of aryl methyl sites for hydroxylation is 1. The number of halogens is 1. The number of amides is 2. The molecule has 2 amide bonds. The average molecular weight is 410 g/mol. The molecule has 2 aromatic carbocycles. The topological polar surface area (TPSA) is 54.3 Å². The summed E-state index contributed by atoms with van der Waals surface area (Å²) in [5, 5.41) is 4.17. The number of hydrogen-bond donors (Lipinski definition) is 1. The van der Waals surface area contributed by atoms with Crippen LogP contribution in [-0.2, 0) is 16.1 Å². The highest BCUT2D eigenvalue weighted by Crippen LogP contribution is 2.27. The van der Waals surface area contributed by atoms with E-state index in [9.17, 15) is 9.59 Å². The number of nitrogens with zero attached hydrogens (tertiary/aromatic N) is 2. The second-order valence-corrected chi connectivity index (χ2v) is 7.15.